The van der Waals surface area contributed by atoms with Crippen molar-refractivity contribution in [3.05, 3.63) is 69.0 Å². The molecule has 0 unspecified atom stereocenters. The van der Waals surface area contributed by atoms with E-state index in [-0.39, 0.29) is 11.4 Å². The predicted octanol–water partition coefficient (Wildman–Crippen LogP) is 3.11. The molecule has 1 aliphatic carbocycles. The summed E-state index contributed by atoms with van der Waals surface area (Å²) >= 11 is 0. The summed E-state index contributed by atoms with van der Waals surface area (Å²) in [5.41, 5.74) is -0.150. The van der Waals surface area contributed by atoms with Gasteiger partial charge in [-0.2, -0.15) is 10.2 Å². The molecule has 0 saturated heterocycles. The highest BCUT2D eigenvalue weighted by atomic mass is 19.3. The summed E-state index contributed by atoms with van der Waals surface area (Å²) in [6.07, 6.45) is 1.90. The number of hydrogen-bond acceptors (Lipinski definition) is 5. The Kier molecular flexibility index (Phi) is 4.02. The lowest BCUT2D eigenvalue weighted by atomic mass is 9.88. The summed E-state index contributed by atoms with van der Waals surface area (Å²) in [4.78, 5) is 21.9. The fraction of sp³-hybridized carbons (Fsp3) is 0.235. The van der Waals surface area contributed by atoms with Crippen molar-refractivity contribution < 1.29 is 18.1 Å². The van der Waals surface area contributed by atoms with E-state index in [1.807, 2.05) is 0 Å². The first-order valence-electron chi connectivity index (χ1n) is 8.20. The second-order valence-electron chi connectivity index (χ2n) is 6.49. The van der Waals surface area contributed by atoms with E-state index in [9.17, 15) is 28.1 Å². The first-order chi connectivity index (χ1) is 13.2. The molecule has 0 amide bonds. The van der Waals surface area contributed by atoms with E-state index >= 15 is 0 Å². The molecule has 3 aromatic rings. The van der Waals surface area contributed by atoms with Crippen molar-refractivity contribution in [1.82, 2.24) is 19.6 Å². The first kappa shape index (κ1) is 17.9. The number of halogens is 3. The molecule has 28 heavy (non-hydrogen) atoms. The zero-order valence-corrected chi connectivity index (χ0v) is 14.1. The number of rotatable bonds is 4. The molecule has 1 fully saturated rings. The number of benzene rings is 1. The molecule has 0 aliphatic heterocycles. The van der Waals surface area contributed by atoms with Gasteiger partial charge in [-0.3, -0.25) is 14.9 Å². The van der Waals surface area contributed by atoms with Crippen LogP contribution in [0, 0.1) is 15.9 Å². The van der Waals surface area contributed by atoms with Crippen molar-refractivity contribution >= 4 is 5.69 Å². The Morgan fingerprint density at radius 2 is 1.96 bits per heavy atom. The van der Waals surface area contributed by atoms with Crippen LogP contribution in [0.25, 0.3) is 16.9 Å². The van der Waals surface area contributed by atoms with Gasteiger partial charge in [0.25, 0.3) is 17.2 Å². The minimum absolute atomic E-state index is 0.0104. The van der Waals surface area contributed by atoms with Gasteiger partial charge in [-0.05, 0) is 12.1 Å². The molecule has 0 spiro atoms. The van der Waals surface area contributed by atoms with Gasteiger partial charge in [-0.1, -0.05) is 0 Å². The molecule has 0 N–H and O–H groups in total. The summed E-state index contributed by atoms with van der Waals surface area (Å²) in [7, 11) is 0. The van der Waals surface area contributed by atoms with Crippen LogP contribution in [0.1, 0.15) is 18.9 Å². The average Bonchev–Trinajstić information content (AvgIpc) is 3.09. The van der Waals surface area contributed by atoms with Gasteiger partial charge in [-0.25, -0.2) is 22.5 Å². The standard InChI is InChI=1S/C17H12F3N5O3/c18-13-5-11(25(27)28)1-3-15(13)23-9-10(8-21-23)14-2-4-16(26)24(22-14)12-6-17(19,20)7-12/h1-5,8-9,12H,6-7H2. The quantitative estimate of drug-likeness (QED) is 0.503. The van der Waals surface area contributed by atoms with Crippen molar-refractivity contribution in [2.24, 2.45) is 0 Å². The van der Waals surface area contributed by atoms with Gasteiger partial charge < -0.3 is 0 Å². The van der Waals surface area contributed by atoms with Gasteiger partial charge >= 0.3 is 0 Å². The molecule has 2 heterocycles. The van der Waals surface area contributed by atoms with Crippen molar-refractivity contribution in [2.75, 3.05) is 0 Å². The summed E-state index contributed by atoms with van der Waals surface area (Å²) < 4.78 is 42.6. The lowest BCUT2D eigenvalue weighted by Crippen LogP contribution is -2.42. The highest BCUT2D eigenvalue weighted by Gasteiger charge is 2.47. The number of non-ortho nitro benzene ring substituents is 1. The van der Waals surface area contributed by atoms with Gasteiger partial charge in [0.2, 0.25) is 0 Å². The molecule has 144 valence electrons. The molecule has 1 aromatic carbocycles. The highest BCUT2D eigenvalue weighted by Crippen LogP contribution is 2.44. The van der Waals surface area contributed by atoms with Gasteiger partial charge in [0.05, 0.1) is 28.9 Å². The fourth-order valence-corrected chi connectivity index (χ4v) is 3.03. The molecule has 11 heteroatoms. The Hall–Kier alpha value is -3.50. The highest BCUT2D eigenvalue weighted by molar-refractivity contribution is 5.57. The average molecular weight is 391 g/mol. The molecule has 0 radical (unpaired) electrons. The summed E-state index contributed by atoms with van der Waals surface area (Å²) in [5, 5.41) is 18.9. The number of nitro benzene ring substituents is 1. The van der Waals surface area contributed by atoms with Crippen molar-refractivity contribution in [1.29, 1.82) is 0 Å². The summed E-state index contributed by atoms with van der Waals surface area (Å²) in [5.74, 6) is -3.63. The Morgan fingerprint density at radius 1 is 1.21 bits per heavy atom. The van der Waals surface area contributed by atoms with Crippen LogP contribution in [0.5, 0.6) is 0 Å². The number of aromatic nitrogens is 4. The SMILES string of the molecule is O=c1ccc(-c2cnn(-c3ccc([N+](=O)[O-])cc3F)c2)nn1C1CC(F)(F)C1. The van der Waals surface area contributed by atoms with Gasteiger partial charge in [-0.15, -0.1) is 0 Å². The maximum absolute atomic E-state index is 14.2. The Labute approximate surface area is 155 Å². The lowest BCUT2D eigenvalue weighted by Gasteiger charge is -2.35. The number of nitro groups is 1. The third-order valence-corrected chi connectivity index (χ3v) is 4.51. The van der Waals surface area contributed by atoms with Crippen LogP contribution < -0.4 is 5.56 Å². The Morgan fingerprint density at radius 3 is 2.61 bits per heavy atom. The number of alkyl halides is 2. The van der Waals surface area contributed by atoms with E-state index in [1.165, 1.54) is 35.3 Å². The summed E-state index contributed by atoms with van der Waals surface area (Å²) in [6.45, 7) is 0. The second-order valence-corrected chi connectivity index (χ2v) is 6.49. The van der Waals surface area contributed by atoms with E-state index in [4.69, 9.17) is 0 Å². The fourth-order valence-electron chi connectivity index (χ4n) is 3.03. The predicted molar refractivity (Wildman–Crippen MR) is 90.9 cm³/mol. The van der Waals surface area contributed by atoms with Crippen molar-refractivity contribution in [3.8, 4) is 16.9 Å². The monoisotopic (exact) mass is 391 g/mol. The minimum atomic E-state index is -2.79. The normalized spacial score (nSPS) is 16.0. The van der Waals surface area contributed by atoms with Gasteiger partial charge in [0, 0.05) is 36.7 Å². The van der Waals surface area contributed by atoms with Crippen LogP contribution in [0.4, 0.5) is 18.9 Å². The topological polar surface area (TPSA) is 95.8 Å². The third kappa shape index (κ3) is 3.15. The molecular weight excluding hydrogens is 379 g/mol. The number of nitrogens with zero attached hydrogens (tertiary/aromatic N) is 5. The lowest BCUT2D eigenvalue weighted by molar-refractivity contribution is -0.385. The van der Waals surface area contributed by atoms with Crippen LogP contribution in [-0.4, -0.2) is 30.4 Å². The second kappa shape index (κ2) is 6.29. The van der Waals surface area contributed by atoms with E-state index in [2.05, 4.69) is 10.2 Å². The summed E-state index contributed by atoms with van der Waals surface area (Å²) in [6, 6.07) is 5.12. The molecular formula is C17H12F3N5O3. The molecule has 8 nitrogen and oxygen atoms in total. The first-order valence-corrected chi connectivity index (χ1v) is 8.20. The van der Waals surface area contributed by atoms with Crippen LogP contribution in [-0.2, 0) is 0 Å². The zero-order valence-electron chi connectivity index (χ0n) is 14.1. The molecule has 0 bridgehead atoms. The zero-order chi connectivity index (χ0) is 20.1. The van der Waals surface area contributed by atoms with Gasteiger partial charge in [0.1, 0.15) is 5.69 Å². The number of hydrogen-bond donors (Lipinski definition) is 0. The van der Waals surface area contributed by atoms with E-state index < -0.39 is 41.1 Å². The molecule has 4 rings (SSSR count). The largest absolute Gasteiger partial charge is 0.272 e. The molecule has 0 atom stereocenters. The molecule has 1 saturated carbocycles. The van der Waals surface area contributed by atoms with Crippen molar-refractivity contribution in [2.45, 2.75) is 24.8 Å². The van der Waals surface area contributed by atoms with Crippen LogP contribution in [0.2, 0.25) is 0 Å². The Bertz CT molecular complexity index is 1130. The maximum Gasteiger partial charge on any atom is 0.272 e. The van der Waals surface area contributed by atoms with Crippen LogP contribution >= 0.6 is 0 Å². The van der Waals surface area contributed by atoms with Gasteiger partial charge in [0.15, 0.2) is 5.82 Å². The Balaban J connectivity index is 1.65. The minimum Gasteiger partial charge on any atom is -0.268 e. The molecule has 2 aromatic heterocycles. The van der Waals surface area contributed by atoms with Crippen LogP contribution in [0.3, 0.4) is 0 Å². The maximum atomic E-state index is 14.2. The van der Waals surface area contributed by atoms with E-state index in [1.54, 1.807) is 0 Å². The third-order valence-electron chi connectivity index (χ3n) is 4.51. The van der Waals surface area contributed by atoms with Crippen LogP contribution in [0.15, 0.2) is 47.5 Å². The molecule has 1 aliphatic rings. The smallest absolute Gasteiger partial charge is 0.268 e. The van der Waals surface area contributed by atoms with Crippen molar-refractivity contribution in [3.63, 3.8) is 0 Å². The van der Waals surface area contributed by atoms with E-state index in [0.717, 1.165) is 16.8 Å². The van der Waals surface area contributed by atoms with E-state index in [0.29, 0.717) is 11.3 Å².